The summed E-state index contributed by atoms with van der Waals surface area (Å²) in [5.74, 6) is 2.14. The third-order valence-electron chi connectivity index (χ3n) is 3.15. The van der Waals surface area contributed by atoms with Gasteiger partial charge in [0.15, 0.2) is 0 Å². The lowest BCUT2D eigenvalue weighted by atomic mass is 9.95. The Labute approximate surface area is 116 Å². The molecule has 0 fully saturated rings. The van der Waals surface area contributed by atoms with Crippen molar-refractivity contribution in [2.24, 2.45) is 0 Å². The lowest BCUT2D eigenvalue weighted by Gasteiger charge is -2.21. The van der Waals surface area contributed by atoms with Gasteiger partial charge in [-0.1, -0.05) is 17.7 Å². The summed E-state index contributed by atoms with van der Waals surface area (Å²) in [5, 5.41) is 3.43. The number of benzene rings is 1. The smallest absolute Gasteiger partial charge is 0.0552 e. The van der Waals surface area contributed by atoms with Crippen LogP contribution in [-0.2, 0) is 4.74 Å². The molecule has 1 rings (SSSR count). The molecule has 1 aromatic rings. The Morgan fingerprint density at radius 2 is 1.83 bits per heavy atom. The van der Waals surface area contributed by atoms with E-state index in [2.05, 4.69) is 38.2 Å². The third kappa shape index (κ3) is 4.30. The second kappa shape index (κ2) is 7.82. The van der Waals surface area contributed by atoms with Crippen LogP contribution in [0.15, 0.2) is 12.1 Å². The monoisotopic (exact) mass is 267 g/mol. The van der Waals surface area contributed by atoms with E-state index in [0.29, 0.717) is 6.04 Å². The molecule has 1 atom stereocenters. The van der Waals surface area contributed by atoms with Crippen LogP contribution < -0.4 is 5.32 Å². The van der Waals surface area contributed by atoms with Crippen LogP contribution in [0, 0.1) is 20.8 Å². The normalized spacial score (nSPS) is 12.7. The summed E-state index contributed by atoms with van der Waals surface area (Å²) >= 11 is 1.94. The van der Waals surface area contributed by atoms with E-state index in [1.807, 2.05) is 18.8 Å². The van der Waals surface area contributed by atoms with Crippen LogP contribution >= 0.6 is 11.8 Å². The maximum absolute atomic E-state index is 5.08. The SMILES string of the molecule is CNC(CSCCOC)c1c(C)cc(C)cc1C. The van der Waals surface area contributed by atoms with Gasteiger partial charge in [-0.15, -0.1) is 0 Å². The van der Waals surface area contributed by atoms with E-state index in [9.17, 15) is 0 Å². The molecule has 0 aliphatic carbocycles. The van der Waals surface area contributed by atoms with E-state index < -0.39 is 0 Å². The maximum Gasteiger partial charge on any atom is 0.0552 e. The number of nitrogens with one attached hydrogen (secondary N) is 1. The Hall–Kier alpha value is -0.510. The highest BCUT2D eigenvalue weighted by Crippen LogP contribution is 2.26. The Balaban J connectivity index is 2.75. The van der Waals surface area contributed by atoms with E-state index in [0.717, 1.165) is 18.1 Å². The Morgan fingerprint density at radius 1 is 1.22 bits per heavy atom. The van der Waals surface area contributed by atoms with Crippen LogP contribution in [0.5, 0.6) is 0 Å². The topological polar surface area (TPSA) is 21.3 Å². The predicted molar refractivity (Wildman–Crippen MR) is 81.7 cm³/mol. The Morgan fingerprint density at radius 3 is 2.33 bits per heavy atom. The zero-order valence-electron chi connectivity index (χ0n) is 12.2. The zero-order valence-corrected chi connectivity index (χ0v) is 13.0. The highest BCUT2D eigenvalue weighted by atomic mass is 32.2. The summed E-state index contributed by atoms with van der Waals surface area (Å²) in [4.78, 5) is 0. The van der Waals surface area contributed by atoms with E-state index in [4.69, 9.17) is 4.74 Å². The maximum atomic E-state index is 5.08. The first kappa shape index (κ1) is 15.5. The van der Waals surface area contributed by atoms with Crippen molar-refractivity contribution >= 4 is 11.8 Å². The molecular weight excluding hydrogens is 242 g/mol. The molecule has 102 valence electrons. The quantitative estimate of drug-likeness (QED) is 0.766. The van der Waals surface area contributed by atoms with E-state index >= 15 is 0 Å². The fourth-order valence-corrected chi connectivity index (χ4v) is 3.42. The highest BCUT2D eigenvalue weighted by Gasteiger charge is 2.14. The molecule has 1 unspecified atom stereocenters. The molecule has 0 amide bonds. The predicted octanol–water partition coefficient (Wildman–Crippen LogP) is 3.25. The average molecular weight is 267 g/mol. The second-order valence-corrected chi connectivity index (χ2v) is 5.87. The summed E-state index contributed by atoms with van der Waals surface area (Å²) in [6.07, 6.45) is 0. The number of rotatable bonds is 7. The summed E-state index contributed by atoms with van der Waals surface area (Å²) in [6, 6.07) is 4.96. The number of aryl methyl sites for hydroxylation is 3. The lowest BCUT2D eigenvalue weighted by Crippen LogP contribution is -2.21. The fraction of sp³-hybridized carbons (Fsp3) is 0.600. The first-order valence-corrected chi connectivity index (χ1v) is 7.57. The number of ether oxygens (including phenoxy) is 1. The van der Waals surface area contributed by atoms with Crippen LogP contribution in [0.2, 0.25) is 0 Å². The first-order chi connectivity index (χ1) is 8.60. The van der Waals surface area contributed by atoms with Crippen LogP contribution in [0.3, 0.4) is 0 Å². The number of methoxy groups -OCH3 is 1. The van der Waals surface area contributed by atoms with Crippen molar-refractivity contribution < 1.29 is 4.74 Å². The van der Waals surface area contributed by atoms with Crippen LogP contribution in [0.1, 0.15) is 28.3 Å². The van der Waals surface area contributed by atoms with Gasteiger partial charge in [0, 0.05) is 24.7 Å². The highest BCUT2D eigenvalue weighted by molar-refractivity contribution is 7.99. The van der Waals surface area contributed by atoms with E-state index in [1.165, 1.54) is 22.3 Å². The average Bonchev–Trinajstić information content (AvgIpc) is 2.31. The summed E-state index contributed by atoms with van der Waals surface area (Å²) in [5.41, 5.74) is 5.57. The number of hydrogen-bond donors (Lipinski definition) is 1. The molecule has 0 aliphatic rings. The minimum atomic E-state index is 0.424. The molecule has 0 heterocycles. The minimum absolute atomic E-state index is 0.424. The van der Waals surface area contributed by atoms with Gasteiger partial charge in [0.2, 0.25) is 0 Å². The second-order valence-electron chi connectivity index (χ2n) is 4.72. The van der Waals surface area contributed by atoms with Crippen molar-refractivity contribution in [2.45, 2.75) is 26.8 Å². The fourth-order valence-electron chi connectivity index (χ4n) is 2.40. The molecule has 1 N–H and O–H groups in total. The van der Waals surface area contributed by atoms with Crippen molar-refractivity contribution in [3.8, 4) is 0 Å². The largest absolute Gasteiger partial charge is 0.384 e. The van der Waals surface area contributed by atoms with Crippen LogP contribution in [0.25, 0.3) is 0 Å². The van der Waals surface area contributed by atoms with Gasteiger partial charge in [-0.25, -0.2) is 0 Å². The van der Waals surface area contributed by atoms with Crippen molar-refractivity contribution in [1.29, 1.82) is 0 Å². The van der Waals surface area contributed by atoms with Crippen LogP contribution in [0.4, 0.5) is 0 Å². The standard InChI is InChI=1S/C15H25NOS/c1-11-8-12(2)15(13(3)9-11)14(16-4)10-18-7-6-17-5/h8-9,14,16H,6-7,10H2,1-5H3. The molecule has 18 heavy (non-hydrogen) atoms. The lowest BCUT2D eigenvalue weighted by molar-refractivity contribution is 0.218. The summed E-state index contributed by atoms with van der Waals surface area (Å²) in [6.45, 7) is 7.40. The summed E-state index contributed by atoms with van der Waals surface area (Å²) in [7, 11) is 3.80. The Bertz CT molecular complexity index is 356. The molecule has 2 nitrogen and oxygen atoms in total. The molecule has 0 aliphatic heterocycles. The van der Waals surface area contributed by atoms with E-state index in [1.54, 1.807) is 7.11 Å². The number of thioether (sulfide) groups is 1. The first-order valence-electron chi connectivity index (χ1n) is 6.41. The summed E-state index contributed by atoms with van der Waals surface area (Å²) < 4.78 is 5.08. The van der Waals surface area contributed by atoms with Crippen molar-refractivity contribution in [3.63, 3.8) is 0 Å². The Kier molecular flexibility index (Phi) is 6.76. The molecular formula is C15H25NOS. The molecule has 0 aromatic heterocycles. The van der Waals surface area contributed by atoms with Crippen molar-refractivity contribution in [3.05, 3.63) is 34.4 Å². The van der Waals surface area contributed by atoms with Gasteiger partial charge in [-0.3, -0.25) is 0 Å². The van der Waals surface area contributed by atoms with Gasteiger partial charge in [-0.05, 0) is 44.5 Å². The van der Waals surface area contributed by atoms with Crippen molar-refractivity contribution in [2.75, 3.05) is 32.3 Å². The molecule has 1 aromatic carbocycles. The third-order valence-corrected chi connectivity index (χ3v) is 4.18. The van der Waals surface area contributed by atoms with Gasteiger partial charge in [0.05, 0.1) is 6.61 Å². The molecule has 0 saturated carbocycles. The zero-order chi connectivity index (χ0) is 13.5. The van der Waals surface area contributed by atoms with Gasteiger partial charge in [0.1, 0.15) is 0 Å². The molecule has 3 heteroatoms. The molecule has 0 bridgehead atoms. The molecule has 0 spiro atoms. The number of hydrogen-bond acceptors (Lipinski definition) is 3. The van der Waals surface area contributed by atoms with E-state index in [-0.39, 0.29) is 0 Å². The minimum Gasteiger partial charge on any atom is -0.384 e. The van der Waals surface area contributed by atoms with Crippen molar-refractivity contribution in [1.82, 2.24) is 5.32 Å². The molecule has 0 radical (unpaired) electrons. The molecule has 0 saturated heterocycles. The van der Waals surface area contributed by atoms with Gasteiger partial charge in [-0.2, -0.15) is 11.8 Å². The van der Waals surface area contributed by atoms with Gasteiger partial charge in [0.25, 0.3) is 0 Å². The van der Waals surface area contributed by atoms with Crippen LogP contribution in [-0.4, -0.2) is 32.3 Å². The van der Waals surface area contributed by atoms with Gasteiger partial charge >= 0.3 is 0 Å². The van der Waals surface area contributed by atoms with Gasteiger partial charge < -0.3 is 10.1 Å².